The number of hydrogen-bond acceptors (Lipinski definition) is 3. The van der Waals surface area contributed by atoms with Gasteiger partial charge >= 0.3 is 0 Å². The van der Waals surface area contributed by atoms with Crippen LogP contribution in [-0.2, 0) is 4.74 Å². The van der Waals surface area contributed by atoms with Gasteiger partial charge in [-0.3, -0.25) is 0 Å². The van der Waals surface area contributed by atoms with E-state index in [1.165, 1.54) is 0 Å². The Kier molecular flexibility index (Phi) is 6.52. The minimum atomic E-state index is -0.182. The van der Waals surface area contributed by atoms with Crippen molar-refractivity contribution in [2.75, 3.05) is 19.7 Å². The molecule has 1 fully saturated rings. The number of ether oxygens (including phenoxy) is 2. The Morgan fingerprint density at radius 3 is 2.50 bits per heavy atom. The molecule has 0 aliphatic carbocycles. The van der Waals surface area contributed by atoms with Crippen molar-refractivity contribution in [1.29, 1.82) is 0 Å². The fourth-order valence-corrected chi connectivity index (χ4v) is 2.64. The van der Waals surface area contributed by atoms with E-state index in [2.05, 4.69) is 17.4 Å². The maximum absolute atomic E-state index is 6.21. The van der Waals surface area contributed by atoms with Gasteiger partial charge in [-0.15, -0.1) is 12.4 Å². The van der Waals surface area contributed by atoms with Gasteiger partial charge in [-0.25, -0.2) is 0 Å². The molecule has 2 unspecified atom stereocenters. The molecule has 1 N–H and O–H groups in total. The molecule has 1 heterocycles. The Morgan fingerprint density at radius 2 is 1.82 bits per heavy atom. The average molecular weight is 340 g/mol. The number of para-hydroxylation sites is 1. The summed E-state index contributed by atoms with van der Waals surface area (Å²) >= 11 is 6.21. The van der Waals surface area contributed by atoms with E-state index in [0.717, 1.165) is 18.7 Å². The first-order valence-corrected chi connectivity index (χ1v) is 7.51. The second-order valence-electron chi connectivity index (χ2n) is 4.99. The quantitative estimate of drug-likeness (QED) is 0.917. The number of halogens is 2. The zero-order valence-corrected chi connectivity index (χ0v) is 13.6. The summed E-state index contributed by atoms with van der Waals surface area (Å²) in [5, 5.41) is 3.96. The normalized spacial score (nSPS) is 19.0. The summed E-state index contributed by atoms with van der Waals surface area (Å²) in [5.74, 6) is 0.683. The van der Waals surface area contributed by atoms with E-state index in [0.29, 0.717) is 17.4 Å². The molecule has 0 saturated carbocycles. The Bertz CT molecular complexity index is 574. The molecule has 0 amide bonds. The summed E-state index contributed by atoms with van der Waals surface area (Å²) < 4.78 is 12.0. The molecule has 2 aromatic carbocycles. The molecule has 1 aliphatic rings. The average Bonchev–Trinajstić information content (AvgIpc) is 2.56. The van der Waals surface area contributed by atoms with Gasteiger partial charge in [0.05, 0.1) is 11.6 Å². The minimum Gasteiger partial charge on any atom is -0.481 e. The zero-order valence-electron chi connectivity index (χ0n) is 12.1. The number of hydrogen-bond donors (Lipinski definition) is 1. The van der Waals surface area contributed by atoms with Crippen molar-refractivity contribution in [2.45, 2.75) is 12.2 Å². The third-order valence-electron chi connectivity index (χ3n) is 3.51. The molecule has 2 atom stereocenters. The van der Waals surface area contributed by atoms with Crippen molar-refractivity contribution in [3.63, 3.8) is 0 Å². The van der Waals surface area contributed by atoms with Crippen LogP contribution in [0, 0.1) is 0 Å². The molecule has 1 saturated heterocycles. The lowest BCUT2D eigenvalue weighted by Crippen LogP contribution is -2.43. The smallest absolute Gasteiger partial charge is 0.151 e. The van der Waals surface area contributed by atoms with Crippen molar-refractivity contribution < 1.29 is 9.47 Å². The summed E-state index contributed by atoms with van der Waals surface area (Å²) in [5.41, 5.74) is 1.09. The van der Waals surface area contributed by atoms with E-state index in [-0.39, 0.29) is 24.6 Å². The number of benzene rings is 2. The highest BCUT2D eigenvalue weighted by Crippen LogP contribution is 2.31. The van der Waals surface area contributed by atoms with Crippen LogP contribution in [0.15, 0.2) is 54.6 Å². The molecule has 0 radical (unpaired) electrons. The summed E-state index contributed by atoms with van der Waals surface area (Å²) in [6, 6.07) is 17.7. The summed E-state index contributed by atoms with van der Waals surface area (Å²) in [4.78, 5) is 0. The first-order chi connectivity index (χ1) is 10.3. The van der Waals surface area contributed by atoms with Crippen LogP contribution in [0.5, 0.6) is 5.75 Å². The molecule has 2 aromatic rings. The zero-order chi connectivity index (χ0) is 14.5. The molecular weight excluding hydrogens is 321 g/mol. The molecule has 5 heteroatoms. The van der Waals surface area contributed by atoms with Crippen LogP contribution in [0.25, 0.3) is 0 Å². The van der Waals surface area contributed by atoms with Gasteiger partial charge in [-0.05, 0) is 17.7 Å². The number of nitrogens with one attached hydrogen (secondary N) is 1. The Balaban J connectivity index is 0.00000176. The predicted molar refractivity (Wildman–Crippen MR) is 91.1 cm³/mol. The maximum atomic E-state index is 6.21. The fourth-order valence-electron chi connectivity index (χ4n) is 2.46. The maximum Gasteiger partial charge on any atom is 0.151 e. The fraction of sp³-hybridized carbons (Fsp3) is 0.294. The van der Waals surface area contributed by atoms with Gasteiger partial charge < -0.3 is 14.8 Å². The first-order valence-electron chi connectivity index (χ1n) is 7.13. The number of rotatable bonds is 4. The van der Waals surface area contributed by atoms with E-state index >= 15 is 0 Å². The molecule has 0 spiro atoms. The van der Waals surface area contributed by atoms with Gasteiger partial charge in [0.2, 0.25) is 0 Å². The van der Waals surface area contributed by atoms with Crippen LogP contribution in [-0.4, -0.2) is 25.8 Å². The standard InChI is InChI=1S/C17H18ClNO2.ClH/c18-14-8-4-5-9-15(14)21-17(13-6-2-1-3-7-13)16-12-19-10-11-20-16;/h1-9,16-17,19H,10-12H2;1H. The molecule has 3 nitrogen and oxygen atoms in total. The molecule has 0 bridgehead atoms. The van der Waals surface area contributed by atoms with Crippen LogP contribution in [0.4, 0.5) is 0 Å². The van der Waals surface area contributed by atoms with Crippen LogP contribution in [0.3, 0.4) is 0 Å². The third kappa shape index (κ3) is 4.14. The Morgan fingerprint density at radius 1 is 1.09 bits per heavy atom. The second-order valence-corrected chi connectivity index (χ2v) is 5.40. The van der Waals surface area contributed by atoms with Gasteiger partial charge in [0.25, 0.3) is 0 Å². The SMILES string of the molecule is Cl.Clc1ccccc1OC(c1ccccc1)C1CNCCO1. The largest absolute Gasteiger partial charge is 0.481 e. The Labute approximate surface area is 142 Å². The first kappa shape index (κ1) is 17.1. The van der Waals surface area contributed by atoms with Gasteiger partial charge in [0.1, 0.15) is 11.9 Å². The lowest BCUT2D eigenvalue weighted by Gasteiger charge is -2.31. The van der Waals surface area contributed by atoms with Gasteiger partial charge in [0, 0.05) is 13.1 Å². The van der Waals surface area contributed by atoms with Crippen LogP contribution in [0.1, 0.15) is 11.7 Å². The molecular formula is C17H19Cl2NO2. The lowest BCUT2D eigenvalue weighted by atomic mass is 10.0. The summed E-state index contributed by atoms with van der Waals surface area (Å²) in [6.45, 7) is 2.34. The molecule has 0 aromatic heterocycles. The predicted octanol–water partition coefficient (Wildman–Crippen LogP) is 3.87. The topological polar surface area (TPSA) is 30.5 Å². The van der Waals surface area contributed by atoms with Gasteiger partial charge in [-0.1, -0.05) is 54.1 Å². The highest BCUT2D eigenvalue weighted by Gasteiger charge is 2.28. The van der Waals surface area contributed by atoms with Crippen molar-refractivity contribution in [3.8, 4) is 5.75 Å². The van der Waals surface area contributed by atoms with Crippen LogP contribution in [0.2, 0.25) is 5.02 Å². The molecule has 118 valence electrons. The van der Waals surface area contributed by atoms with E-state index in [1.54, 1.807) is 0 Å². The summed E-state index contributed by atoms with van der Waals surface area (Å²) in [7, 11) is 0. The monoisotopic (exact) mass is 339 g/mol. The van der Waals surface area contributed by atoms with Crippen molar-refractivity contribution in [1.82, 2.24) is 5.32 Å². The van der Waals surface area contributed by atoms with E-state index in [1.807, 2.05) is 42.5 Å². The second kappa shape index (κ2) is 8.39. The van der Waals surface area contributed by atoms with Crippen molar-refractivity contribution in [3.05, 3.63) is 65.2 Å². The Hall–Kier alpha value is -1.26. The molecule has 3 rings (SSSR count). The van der Waals surface area contributed by atoms with Gasteiger partial charge in [-0.2, -0.15) is 0 Å². The van der Waals surface area contributed by atoms with Gasteiger partial charge in [0.15, 0.2) is 6.10 Å². The van der Waals surface area contributed by atoms with E-state index < -0.39 is 0 Å². The van der Waals surface area contributed by atoms with Crippen molar-refractivity contribution in [2.24, 2.45) is 0 Å². The highest BCUT2D eigenvalue weighted by molar-refractivity contribution is 6.32. The molecule has 22 heavy (non-hydrogen) atoms. The summed E-state index contributed by atoms with van der Waals surface area (Å²) in [6.07, 6.45) is -0.212. The van der Waals surface area contributed by atoms with Crippen LogP contribution < -0.4 is 10.1 Å². The third-order valence-corrected chi connectivity index (χ3v) is 3.82. The van der Waals surface area contributed by atoms with Crippen molar-refractivity contribution >= 4 is 24.0 Å². The number of morpholine rings is 1. The minimum absolute atomic E-state index is 0. The van der Waals surface area contributed by atoms with E-state index in [9.17, 15) is 0 Å². The lowest BCUT2D eigenvalue weighted by molar-refractivity contribution is -0.0432. The molecule has 1 aliphatic heterocycles. The highest BCUT2D eigenvalue weighted by atomic mass is 35.5. The van der Waals surface area contributed by atoms with Crippen LogP contribution >= 0.6 is 24.0 Å². The van der Waals surface area contributed by atoms with E-state index in [4.69, 9.17) is 21.1 Å².